The van der Waals surface area contributed by atoms with Crippen LogP contribution in [0.15, 0.2) is 6.33 Å². The second-order valence-corrected chi connectivity index (χ2v) is 5.46. The fourth-order valence-corrected chi connectivity index (χ4v) is 2.31. The van der Waals surface area contributed by atoms with Gasteiger partial charge in [0.05, 0.1) is 19.2 Å². The highest BCUT2D eigenvalue weighted by atomic mass is 15.4. The molecule has 0 N–H and O–H groups in total. The van der Waals surface area contributed by atoms with E-state index in [1.54, 1.807) is 6.33 Å². The van der Waals surface area contributed by atoms with E-state index in [2.05, 4.69) is 39.8 Å². The number of nitrogens with zero attached hydrogens (tertiary/aromatic N) is 6. The second kappa shape index (κ2) is 6.64. The maximum Gasteiger partial charge on any atom is 0.141 e. The Morgan fingerprint density at radius 2 is 1.95 bits per heavy atom. The fourth-order valence-electron chi connectivity index (χ4n) is 2.31. The molecule has 1 fully saturated rings. The number of rotatable bonds is 5. The third kappa shape index (κ3) is 4.01. The molecule has 2 rings (SSSR count). The molecule has 0 amide bonds. The van der Waals surface area contributed by atoms with E-state index in [1.165, 1.54) is 0 Å². The smallest absolute Gasteiger partial charge is 0.141 e. The Labute approximate surface area is 114 Å². The monoisotopic (exact) mass is 262 g/mol. The minimum atomic E-state index is 0.539. The average Bonchev–Trinajstić information content (AvgIpc) is 2.79. The first kappa shape index (κ1) is 14.0. The molecule has 0 saturated carbocycles. The Balaban J connectivity index is 1.86. The molecule has 0 atom stereocenters. The van der Waals surface area contributed by atoms with Crippen molar-refractivity contribution in [1.29, 1.82) is 5.26 Å². The van der Waals surface area contributed by atoms with Crippen molar-refractivity contribution in [2.75, 3.05) is 32.7 Å². The lowest BCUT2D eigenvalue weighted by molar-refractivity contribution is 0.133. The van der Waals surface area contributed by atoms with E-state index in [0.717, 1.165) is 45.1 Å². The van der Waals surface area contributed by atoms with E-state index >= 15 is 0 Å². The summed E-state index contributed by atoms with van der Waals surface area (Å²) in [5.74, 6) is 1.62. The number of aromatic nitrogens is 3. The molecule has 0 aliphatic carbocycles. The fraction of sp³-hybridized carbons (Fsp3) is 0.769. The van der Waals surface area contributed by atoms with Crippen molar-refractivity contribution in [3.05, 3.63) is 12.2 Å². The van der Waals surface area contributed by atoms with Crippen LogP contribution in [-0.4, -0.2) is 57.3 Å². The van der Waals surface area contributed by atoms with Crippen LogP contribution in [-0.2, 0) is 13.1 Å². The van der Waals surface area contributed by atoms with Gasteiger partial charge in [-0.2, -0.15) is 10.4 Å². The van der Waals surface area contributed by atoms with Gasteiger partial charge >= 0.3 is 0 Å². The summed E-state index contributed by atoms with van der Waals surface area (Å²) in [5.41, 5.74) is 0. The van der Waals surface area contributed by atoms with Gasteiger partial charge in [0.15, 0.2) is 0 Å². The van der Waals surface area contributed by atoms with Crippen LogP contribution in [0, 0.1) is 17.2 Å². The minimum Gasteiger partial charge on any atom is -0.293 e. The third-order valence-corrected chi connectivity index (χ3v) is 3.36. The largest absolute Gasteiger partial charge is 0.293 e. The first-order chi connectivity index (χ1) is 9.19. The van der Waals surface area contributed by atoms with E-state index < -0.39 is 0 Å². The molecule has 6 heteroatoms. The first-order valence-corrected chi connectivity index (χ1v) is 6.87. The zero-order valence-corrected chi connectivity index (χ0v) is 11.8. The summed E-state index contributed by atoms with van der Waals surface area (Å²) in [7, 11) is 0. The molecule has 1 aromatic rings. The van der Waals surface area contributed by atoms with Crippen molar-refractivity contribution < 1.29 is 0 Å². The molecule has 2 heterocycles. The summed E-state index contributed by atoms with van der Waals surface area (Å²) < 4.78 is 2.01. The zero-order valence-electron chi connectivity index (χ0n) is 11.8. The van der Waals surface area contributed by atoms with Crippen molar-refractivity contribution in [1.82, 2.24) is 24.6 Å². The number of piperazine rings is 1. The maximum absolute atomic E-state index is 8.69. The van der Waals surface area contributed by atoms with E-state index in [1.807, 2.05) is 4.68 Å². The van der Waals surface area contributed by atoms with Gasteiger partial charge in [-0.15, -0.1) is 0 Å². The van der Waals surface area contributed by atoms with Crippen LogP contribution in [0.25, 0.3) is 0 Å². The molecule has 0 aromatic carbocycles. The Morgan fingerprint density at radius 1 is 1.26 bits per heavy atom. The van der Waals surface area contributed by atoms with Gasteiger partial charge in [0.25, 0.3) is 0 Å². The minimum absolute atomic E-state index is 0.539. The summed E-state index contributed by atoms with van der Waals surface area (Å²) in [4.78, 5) is 8.94. The molecule has 0 unspecified atom stereocenters. The van der Waals surface area contributed by atoms with Gasteiger partial charge in [0.2, 0.25) is 0 Å². The van der Waals surface area contributed by atoms with Crippen LogP contribution in [0.4, 0.5) is 0 Å². The van der Waals surface area contributed by atoms with Crippen LogP contribution in [0.1, 0.15) is 19.7 Å². The normalized spacial score (nSPS) is 17.8. The summed E-state index contributed by atoms with van der Waals surface area (Å²) in [6, 6.07) is 2.21. The third-order valence-electron chi connectivity index (χ3n) is 3.36. The van der Waals surface area contributed by atoms with Gasteiger partial charge in [0, 0.05) is 32.7 Å². The number of hydrogen-bond donors (Lipinski definition) is 0. The van der Waals surface area contributed by atoms with Gasteiger partial charge in [-0.25, -0.2) is 9.67 Å². The van der Waals surface area contributed by atoms with Crippen LogP contribution >= 0.6 is 0 Å². The van der Waals surface area contributed by atoms with Crippen molar-refractivity contribution >= 4 is 0 Å². The highest BCUT2D eigenvalue weighted by Crippen LogP contribution is 2.08. The molecule has 1 aromatic heterocycles. The van der Waals surface area contributed by atoms with E-state index in [9.17, 15) is 0 Å². The van der Waals surface area contributed by atoms with Gasteiger partial charge in [-0.1, -0.05) is 13.8 Å². The van der Waals surface area contributed by atoms with E-state index in [4.69, 9.17) is 5.26 Å². The molecule has 0 radical (unpaired) electrons. The number of hydrogen-bond acceptors (Lipinski definition) is 5. The lowest BCUT2D eigenvalue weighted by Gasteiger charge is -2.33. The van der Waals surface area contributed by atoms with Crippen LogP contribution in [0.3, 0.4) is 0 Å². The molecule has 1 aliphatic heterocycles. The Morgan fingerprint density at radius 3 is 2.58 bits per heavy atom. The Hall–Kier alpha value is -1.45. The van der Waals surface area contributed by atoms with Crippen molar-refractivity contribution in [2.45, 2.75) is 26.9 Å². The van der Waals surface area contributed by atoms with Gasteiger partial charge in [-0.05, 0) is 5.92 Å². The van der Waals surface area contributed by atoms with Crippen LogP contribution in [0.2, 0.25) is 0 Å². The van der Waals surface area contributed by atoms with Crippen LogP contribution in [0.5, 0.6) is 0 Å². The SMILES string of the molecule is CC(C)Cn1ncnc1CN1CCN(CC#N)CC1. The lowest BCUT2D eigenvalue weighted by Crippen LogP contribution is -2.46. The molecule has 0 spiro atoms. The topological polar surface area (TPSA) is 61.0 Å². The quantitative estimate of drug-likeness (QED) is 0.726. The van der Waals surface area contributed by atoms with Crippen molar-refractivity contribution in [3.8, 4) is 6.07 Å². The molecule has 0 bridgehead atoms. The van der Waals surface area contributed by atoms with Crippen LogP contribution < -0.4 is 0 Å². The average molecular weight is 262 g/mol. The van der Waals surface area contributed by atoms with Gasteiger partial charge in [-0.3, -0.25) is 9.80 Å². The molecule has 6 nitrogen and oxygen atoms in total. The van der Waals surface area contributed by atoms with Gasteiger partial charge < -0.3 is 0 Å². The molecule has 1 saturated heterocycles. The highest BCUT2D eigenvalue weighted by Gasteiger charge is 2.18. The summed E-state index contributed by atoms with van der Waals surface area (Å²) in [6.07, 6.45) is 1.64. The molecule has 1 aliphatic rings. The highest BCUT2D eigenvalue weighted by molar-refractivity contribution is 4.88. The second-order valence-electron chi connectivity index (χ2n) is 5.46. The van der Waals surface area contributed by atoms with Crippen molar-refractivity contribution in [3.63, 3.8) is 0 Å². The lowest BCUT2D eigenvalue weighted by atomic mass is 10.2. The molecular formula is C13H22N6. The predicted molar refractivity (Wildman–Crippen MR) is 72.2 cm³/mol. The Bertz CT molecular complexity index is 425. The molecule has 104 valence electrons. The maximum atomic E-state index is 8.69. The van der Waals surface area contributed by atoms with Gasteiger partial charge in [0.1, 0.15) is 12.2 Å². The number of nitriles is 1. The first-order valence-electron chi connectivity index (χ1n) is 6.87. The standard InChI is InChI=1S/C13H22N6/c1-12(2)9-19-13(15-11-16-19)10-18-7-5-17(4-3-14)6-8-18/h11-12H,4-10H2,1-2H3. The molecule has 19 heavy (non-hydrogen) atoms. The summed E-state index contributed by atoms with van der Waals surface area (Å²) in [6.45, 7) is 10.6. The summed E-state index contributed by atoms with van der Waals surface area (Å²) in [5, 5.41) is 13.0. The van der Waals surface area contributed by atoms with E-state index in [0.29, 0.717) is 12.5 Å². The predicted octanol–water partition coefficient (Wildman–Crippen LogP) is 0.575. The molecular weight excluding hydrogens is 240 g/mol. The Kier molecular flexibility index (Phi) is 4.88. The zero-order chi connectivity index (χ0) is 13.7. The summed E-state index contributed by atoms with van der Waals surface area (Å²) >= 11 is 0. The van der Waals surface area contributed by atoms with Crippen molar-refractivity contribution in [2.24, 2.45) is 5.92 Å². The van der Waals surface area contributed by atoms with E-state index in [-0.39, 0.29) is 0 Å².